The minimum absolute atomic E-state index is 0.0923. The maximum Gasteiger partial charge on any atom is 0.355 e. The van der Waals surface area contributed by atoms with E-state index in [9.17, 15) is 14.7 Å². The van der Waals surface area contributed by atoms with Gasteiger partial charge < -0.3 is 14.7 Å². The van der Waals surface area contributed by atoms with E-state index in [1.54, 1.807) is 0 Å². The fourth-order valence-corrected chi connectivity index (χ4v) is 9.39. The number of amides is 1. The van der Waals surface area contributed by atoms with Crippen molar-refractivity contribution in [1.29, 1.82) is 0 Å². The number of anilines is 2. The summed E-state index contributed by atoms with van der Waals surface area (Å²) in [6, 6.07) is 21.8. The van der Waals surface area contributed by atoms with Gasteiger partial charge in [-0.05, 0) is 96.6 Å². The lowest BCUT2D eigenvalue weighted by Crippen LogP contribution is -2.41. The molecule has 0 radical (unpaired) electrons. The lowest BCUT2D eigenvalue weighted by atomic mass is 9.94. The van der Waals surface area contributed by atoms with Gasteiger partial charge in [0.1, 0.15) is 23.4 Å². The average Bonchev–Trinajstić information content (AvgIpc) is 3.94. The van der Waals surface area contributed by atoms with Gasteiger partial charge in [-0.3, -0.25) is 10.1 Å². The van der Waals surface area contributed by atoms with Crippen LogP contribution in [0.25, 0.3) is 26.9 Å². The SMILES string of the molecule is CCC(C(C)C)[n+]1cnc2c(cnn2-c2ccc(OCCCCc3sc(N4CCc5cccc(C(=O)Nc6nc7ccccc7s6)c5C4)nc3C(=O)O)cc2)c1. The maximum absolute atomic E-state index is 13.5. The van der Waals surface area contributed by atoms with Gasteiger partial charge in [-0.25, -0.2) is 19.3 Å². The molecule has 4 aromatic heterocycles. The highest BCUT2D eigenvalue weighted by Crippen LogP contribution is 2.34. The zero-order chi connectivity index (χ0) is 38.8. The molecule has 0 aliphatic carbocycles. The molecule has 3 aromatic carbocycles. The Morgan fingerprint density at radius 1 is 1.02 bits per heavy atom. The number of carboxylic acids is 1. The van der Waals surface area contributed by atoms with Crippen molar-refractivity contribution in [3.63, 3.8) is 0 Å². The number of rotatable bonds is 14. The zero-order valence-electron chi connectivity index (χ0n) is 31.5. The summed E-state index contributed by atoms with van der Waals surface area (Å²) in [4.78, 5) is 42.5. The second-order valence-electron chi connectivity index (χ2n) is 14.3. The van der Waals surface area contributed by atoms with E-state index < -0.39 is 5.97 Å². The van der Waals surface area contributed by atoms with Crippen LogP contribution in [0.3, 0.4) is 0 Å². The predicted octanol–water partition coefficient (Wildman–Crippen LogP) is 8.30. The van der Waals surface area contributed by atoms with Gasteiger partial charge in [0.15, 0.2) is 16.0 Å². The van der Waals surface area contributed by atoms with Crippen LogP contribution in [-0.2, 0) is 19.4 Å². The summed E-state index contributed by atoms with van der Waals surface area (Å²) in [6.45, 7) is 8.30. The number of aryl methyl sites for hydroxylation is 1. The number of benzene rings is 3. The van der Waals surface area contributed by atoms with Crippen LogP contribution in [0.2, 0.25) is 0 Å². The smallest absolute Gasteiger partial charge is 0.355 e. The third-order valence-electron chi connectivity index (χ3n) is 10.3. The first-order valence-electron chi connectivity index (χ1n) is 19.0. The average molecular weight is 788 g/mol. The molecule has 0 spiro atoms. The number of fused-ring (bicyclic) bond motifs is 3. The summed E-state index contributed by atoms with van der Waals surface area (Å²) in [7, 11) is 0. The van der Waals surface area contributed by atoms with Crippen LogP contribution in [0.15, 0.2) is 85.5 Å². The molecule has 0 saturated carbocycles. The van der Waals surface area contributed by atoms with E-state index >= 15 is 0 Å². The number of aromatic nitrogens is 6. The summed E-state index contributed by atoms with van der Waals surface area (Å²) in [5.41, 5.74) is 5.26. The van der Waals surface area contributed by atoms with Gasteiger partial charge in [0, 0.05) is 23.5 Å². The van der Waals surface area contributed by atoms with Gasteiger partial charge in [-0.1, -0.05) is 56.4 Å². The first-order chi connectivity index (χ1) is 27.2. The van der Waals surface area contributed by atoms with Gasteiger partial charge in [0.05, 0.1) is 28.7 Å². The van der Waals surface area contributed by atoms with Crippen LogP contribution >= 0.6 is 22.7 Å². The van der Waals surface area contributed by atoms with Crippen molar-refractivity contribution in [2.45, 2.75) is 65.5 Å². The van der Waals surface area contributed by atoms with E-state index in [0.717, 1.165) is 74.4 Å². The molecule has 7 aromatic rings. The molecule has 0 saturated heterocycles. The largest absolute Gasteiger partial charge is 0.494 e. The third-order valence-corrected chi connectivity index (χ3v) is 12.4. The Hall–Kier alpha value is -5.73. The molecule has 1 unspecified atom stereocenters. The van der Waals surface area contributed by atoms with Gasteiger partial charge in [0.25, 0.3) is 17.9 Å². The van der Waals surface area contributed by atoms with Crippen molar-refractivity contribution in [1.82, 2.24) is 24.7 Å². The number of thiazole rings is 2. The quantitative estimate of drug-likeness (QED) is 0.0823. The summed E-state index contributed by atoms with van der Waals surface area (Å²) in [5, 5.41) is 19.8. The Morgan fingerprint density at radius 3 is 2.64 bits per heavy atom. The third kappa shape index (κ3) is 7.71. The van der Waals surface area contributed by atoms with Crippen molar-refractivity contribution in [2.24, 2.45) is 5.92 Å². The second-order valence-corrected chi connectivity index (χ2v) is 16.4. The van der Waals surface area contributed by atoms with Crippen LogP contribution in [0.5, 0.6) is 5.75 Å². The van der Waals surface area contributed by atoms with E-state index in [1.165, 1.54) is 22.7 Å². The second kappa shape index (κ2) is 16.2. The van der Waals surface area contributed by atoms with Crippen molar-refractivity contribution in [2.75, 3.05) is 23.4 Å². The van der Waals surface area contributed by atoms with E-state index in [-0.39, 0.29) is 11.6 Å². The molecule has 1 amide bonds. The number of carboxylic acid groups (broad SMARTS) is 1. The summed E-state index contributed by atoms with van der Waals surface area (Å²) < 4.78 is 11.1. The first-order valence-corrected chi connectivity index (χ1v) is 20.6. The Kier molecular flexibility index (Phi) is 10.7. The van der Waals surface area contributed by atoms with E-state index in [4.69, 9.17) is 9.72 Å². The van der Waals surface area contributed by atoms with Crippen molar-refractivity contribution in [3.05, 3.63) is 113 Å². The molecular weight excluding hydrogens is 745 g/mol. The minimum Gasteiger partial charge on any atom is -0.494 e. The highest BCUT2D eigenvalue weighted by Gasteiger charge is 2.27. The number of nitrogens with zero attached hydrogens (tertiary/aromatic N) is 7. The number of aromatic carboxylic acids is 1. The van der Waals surface area contributed by atoms with E-state index in [0.29, 0.717) is 53.9 Å². The number of carbonyl (C=O) groups is 2. The van der Waals surface area contributed by atoms with Crippen molar-refractivity contribution >= 4 is 66.1 Å². The van der Waals surface area contributed by atoms with Gasteiger partial charge >= 0.3 is 5.97 Å². The lowest BCUT2D eigenvalue weighted by Gasteiger charge is -2.29. The number of nitrogens with one attached hydrogen (secondary N) is 1. The molecule has 5 heterocycles. The van der Waals surface area contributed by atoms with Crippen LogP contribution in [-0.4, -0.2) is 54.9 Å². The molecule has 1 aliphatic heterocycles. The Bertz CT molecular complexity index is 2490. The standard InChI is InChI=1S/C42H42N8O4S2/c1-4-34(26(2)3)49-23-28-22-44-50(38(28)43-25-49)29-15-17-30(18-16-29)54-21-8-7-14-36-37(40(52)53)46-42(56-36)48-20-19-27-10-9-11-31(32(27)24-48)39(51)47-41-45-33-12-5-6-13-35(33)55-41/h5-6,9-13,15-18,22-23,25-26,34H,4,7-8,14,19-21,24H2,1-3H3,(H-,45,47,51,52,53)/p+1. The van der Waals surface area contributed by atoms with E-state index in [2.05, 4.69) is 62.9 Å². The normalized spacial score (nSPS) is 13.3. The number of ether oxygens (including phenoxy) is 1. The predicted molar refractivity (Wildman–Crippen MR) is 220 cm³/mol. The summed E-state index contributed by atoms with van der Waals surface area (Å²) in [6.07, 6.45) is 9.72. The molecule has 12 nitrogen and oxygen atoms in total. The van der Waals surface area contributed by atoms with Gasteiger partial charge in [0.2, 0.25) is 0 Å². The van der Waals surface area contributed by atoms with Gasteiger partial charge in [-0.2, -0.15) is 9.78 Å². The van der Waals surface area contributed by atoms with Crippen LogP contribution in [0.1, 0.15) is 82.9 Å². The topological polar surface area (TPSA) is 139 Å². The molecule has 8 rings (SSSR count). The lowest BCUT2D eigenvalue weighted by molar-refractivity contribution is -0.730. The molecule has 1 atom stereocenters. The number of carbonyl (C=O) groups excluding carboxylic acids is 1. The molecule has 2 N–H and O–H groups in total. The monoisotopic (exact) mass is 787 g/mol. The first kappa shape index (κ1) is 37.2. The fourth-order valence-electron chi connectivity index (χ4n) is 7.41. The van der Waals surface area contributed by atoms with Gasteiger partial charge in [-0.15, -0.1) is 11.3 Å². The molecule has 286 valence electrons. The molecule has 1 aliphatic rings. The molecule has 0 bridgehead atoms. The zero-order valence-corrected chi connectivity index (χ0v) is 33.1. The minimum atomic E-state index is -1.03. The van der Waals surface area contributed by atoms with Crippen LogP contribution < -0.4 is 19.5 Å². The van der Waals surface area contributed by atoms with Crippen LogP contribution in [0.4, 0.5) is 10.3 Å². The molecular formula is C42H43N8O4S2+. The Morgan fingerprint density at radius 2 is 1.86 bits per heavy atom. The highest BCUT2D eigenvalue weighted by molar-refractivity contribution is 7.22. The highest BCUT2D eigenvalue weighted by atomic mass is 32.1. The number of hydrogen-bond donors (Lipinski definition) is 2. The van der Waals surface area contributed by atoms with Crippen LogP contribution in [0, 0.1) is 5.92 Å². The molecule has 56 heavy (non-hydrogen) atoms. The Labute approximate surface area is 332 Å². The number of para-hydroxylation sites is 1. The summed E-state index contributed by atoms with van der Waals surface area (Å²) >= 11 is 2.86. The Balaban J connectivity index is 0.868. The maximum atomic E-state index is 13.5. The molecule has 0 fully saturated rings. The number of hydrogen-bond acceptors (Lipinski definition) is 10. The van der Waals surface area contributed by atoms with E-state index in [1.807, 2.05) is 77.9 Å². The number of unbranched alkanes of at least 4 members (excludes halogenated alkanes) is 1. The van der Waals surface area contributed by atoms with Crippen molar-refractivity contribution < 1.29 is 24.0 Å². The fraction of sp³-hybridized carbons (Fsp3) is 0.310. The van der Waals surface area contributed by atoms with Crippen molar-refractivity contribution in [3.8, 4) is 11.4 Å². The summed E-state index contributed by atoms with van der Waals surface area (Å²) in [5.74, 6) is 0.0139. The molecule has 14 heteroatoms.